The smallest absolute Gasteiger partial charge is 0.237 e. The molecule has 1 amide bonds. The first-order valence-corrected chi connectivity index (χ1v) is 7.60. The summed E-state index contributed by atoms with van der Waals surface area (Å²) in [6, 6.07) is 8.12. The van der Waals surface area contributed by atoms with E-state index in [0.717, 1.165) is 12.0 Å². The second-order valence-electron chi connectivity index (χ2n) is 5.86. The van der Waals surface area contributed by atoms with E-state index in [9.17, 15) is 4.79 Å². The van der Waals surface area contributed by atoms with Gasteiger partial charge in [0.1, 0.15) is 0 Å². The number of nitrogens with one attached hydrogen (secondary N) is 1. The van der Waals surface area contributed by atoms with Gasteiger partial charge < -0.3 is 11.1 Å². The molecule has 0 heterocycles. The maximum absolute atomic E-state index is 11.8. The minimum Gasteiger partial charge on any atom is -0.348 e. The first-order valence-electron chi connectivity index (χ1n) is 7.60. The molecule has 3 heteroatoms. The number of hydrogen-bond donors (Lipinski definition) is 2. The van der Waals surface area contributed by atoms with Gasteiger partial charge in [0.25, 0.3) is 0 Å². The van der Waals surface area contributed by atoms with Gasteiger partial charge in [-0.15, -0.1) is 0 Å². The number of unbranched alkanes of at least 4 members (excludes halogenated alkanes) is 1. The number of amides is 1. The third kappa shape index (κ3) is 4.97. The molecule has 1 aromatic rings. The highest BCUT2D eigenvalue weighted by Gasteiger charge is 2.19. The van der Waals surface area contributed by atoms with Crippen LogP contribution in [0.15, 0.2) is 24.3 Å². The lowest BCUT2D eigenvalue weighted by molar-refractivity contribution is -0.123. The Morgan fingerprint density at radius 2 is 1.80 bits per heavy atom. The largest absolute Gasteiger partial charge is 0.348 e. The van der Waals surface area contributed by atoms with Crippen molar-refractivity contribution in [3.8, 4) is 0 Å². The molecule has 0 spiro atoms. The van der Waals surface area contributed by atoms with Crippen LogP contribution >= 0.6 is 0 Å². The van der Waals surface area contributed by atoms with Crippen LogP contribution in [-0.2, 0) is 11.2 Å². The van der Waals surface area contributed by atoms with Crippen LogP contribution in [0.3, 0.4) is 0 Å². The molecule has 20 heavy (non-hydrogen) atoms. The maximum Gasteiger partial charge on any atom is 0.237 e. The van der Waals surface area contributed by atoms with Crippen LogP contribution in [0.2, 0.25) is 0 Å². The van der Waals surface area contributed by atoms with Crippen molar-refractivity contribution in [1.29, 1.82) is 0 Å². The lowest BCUT2D eigenvalue weighted by atomic mass is 9.94. The maximum atomic E-state index is 11.8. The Balaban J connectivity index is 2.79. The zero-order valence-electron chi connectivity index (χ0n) is 13.1. The molecule has 0 bridgehead atoms. The molecule has 0 saturated carbocycles. The van der Waals surface area contributed by atoms with Gasteiger partial charge in [-0.25, -0.2) is 0 Å². The van der Waals surface area contributed by atoms with E-state index in [1.165, 1.54) is 18.4 Å². The molecule has 0 aliphatic carbocycles. The lowest BCUT2D eigenvalue weighted by Crippen LogP contribution is -2.41. The Morgan fingerprint density at radius 1 is 1.20 bits per heavy atom. The molecule has 1 rings (SSSR count). The van der Waals surface area contributed by atoms with Crippen LogP contribution in [0.25, 0.3) is 0 Å². The van der Waals surface area contributed by atoms with Crippen LogP contribution in [0.1, 0.15) is 57.7 Å². The molecule has 3 N–H and O–H groups in total. The molecule has 2 atom stereocenters. The number of hydrogen-bond acceptors (Lipinski definition) is 2. The fraction of sp³-hybridized carbons (Fsp3) is 0.588. The highest BCUT2D eigenvalue weighted by atomic mass is 16.2. The van der Waals surface area contributed by atoms with Crippen molar-refractivity contribution >= 4 is 5.91 Å². The lowest BCUT2D eigenvalue weighted by Gasteiger charge is -2.24. The summed E-state index contributed by atoms with van der Waals surface area (Å²) < 4.78 is 0. The predicted octanol–water partition coefficient (Wildman–Crippen LogP) is 3.19. The van der Waals surface area contributed by atoms with Crippen LogP contribution in [0, 0.1) is 5.92 Å². The van der Waals surface area contributed by atoms with Crippen molar-refractivity contribution in [2.24, 2.45) is 11.7 Å². The SMILES string of the molecule is CCCCc1ccc(C(NC(=O)[C@H](C)N)C(C)C)cc1. The zero-order valence-corrected chi connectivity index (χ0v) is 13.1. The van der Waals surface area contributed by atoms with Gasteiger partial charge >= 0.3 is 0 Å². The third-order valence-electron chi connectivity index (χ3n) is 3.54. The van der Waals surface area contributed by atoms with Crippen LogP contribution in [0.5, 0.6) is 0 Å². The molecule has 0 saturated heterocycles. The quantitative estimate of drug-likeness (QED) is 0.803. The molecule has 3 nitrogen and oxygen atoms in total. The van der Waals surface area contributed by atoms with E-state index in [2.05, 4.69) is 50.4 Å². The Kier molecular flexibility index (Phi) is 6.73. The van der Waals surface area contributed by atoms with Crippen LogP contribution in [-0.4, -0.2) is 11.9 Å². The van der Waals surface area contributed by atoms with E-state index in [1.54, 1.807) is 6.92 Å². The van der Waals surface area contributed by atoms with Gasteiger partial charge in [0, 0.05) is 0 Å². The van der Waals surface area contributed by atoms with Crippen molar-refractivity contribution in [2.45, 2.75) is 59.0 Å². The minimum absolute atomic E-state index is 0.0220. The third-order valence-corrected chi connectivity index (χ3v) is 3.54. The van der Waals surface area contributed by atoms with E-state index >= 15 is 0 Å². The van der Waals surface area contributed by atoms with Gasteiger partial charge in [0.2, 0.25) is 5.91 Å². The summed E-state index contributed by atoms with van der Waals surface area (Å²) >= 11 is 0. The molecular weight excluding hydrogens is 248 g/mol. The average molecular weight is 276 g/mol. The predicted molar refractivity (Wildman–Crippen MR) is 84.4 cm³/mol. The normalized spacial score (nSPS) is 14.1. The van der Waals surface area contributed by atoms with E-state index in [4.69, 9.17) is 5.73 Å². The highest BCUT2D eigenvalue weighted by Crippen LogP contribution is 2.22. The summed E-state index contributed by atoms with van der Waals surface area (Å²) in [5.74, 6) is 0.234. The Hall–Kier alpha value is -1.35. The van der Waals surface area contributed by atoms with Crippen molar-refractivity contribution in [3.63, 3.8) is 0 Å². The van der Waals surface area contributed by atoms with Gasteiger partial charge in [-0.2, -0.15) is 0 Å². The highest BCUT2D eigenvalue weighted by molar-refractivity contribution is 5.81. The molecule has 0 radical (unpaired) electrons. The molecule has 0 fully saturated rings. The summed E-state index contributed by atoms with van der Waals surface area (Å²) in [7, 11) is 0. The molecule has 1 aromatic carbocycles. The second-order valence-corrected chi connectivity index (χ2v) is 5.86. The second kappa shape index (κ2) is 8.05. The van der Waals surface area contributed by atoms with Gasteiger partial charge in [-0.05, 0) is 36.8 Å². The van der Waals surface area contributed by atoms with Crippen LogP contribution < -0.4 is 11.1 Å². The number of nitrogens with two attached hydrogens (primary N) is 1. The summed E-state index contributed by atoms with van der Waals surface area (Å²) in [4.78, 5) is 11.8. The standard InChI is InChI=1S/C17H28N2O/c1-5-6-7-14-8-10-15(11-9-14)16(12(2)3)19-17(20)13(4)18/h8-13,16H,5-7,18H2,1-4H3,(H,19,20)/t13-,16?/m0/s1. The summed E-state index contributed by atoms with van der Waals surface area (Å²) in [6.45, 7) is 8.13. The van der Waals surface area contributed by atoms with Gasteiger partial charge in [0.15, 0.2) is 0 Å². The fourth-order valence-electron chi connectivity index (χ4n) is 2.19. The monoisotopic (exact) mass is 276 g/mol. The first-order chi connectivity index (χ1) is 9.45. The average Bonchev–Trinajstić information content (AvgIpc) is 2.42. The van der Waals surface area contributed by atoms with Crippen molar-refractivity contribution in [3.05, 3.63) is 35.4 Å². The number of rotatable bonds is 7. The Bertz CT molecular complexity index is 410. The van der Waals surface area contributed by atoms with E-state index in [1.807, 2.05) is 0 Å². The van der Waals surface area contributed by atoms with E-state index in [0.29, 0.717) is 5.92 Å². The van der Waals surface area contributed by atoms with E-state index < -0.39 is 6.04 Å². The van der Waals surface area contributed by atoms with Crippen molar-refractivity contribution in [2.75, 3.05) is 0 Å². The summed E-state index contributed by atoms with van der Waals surface area (Å²) in [5, 5.41) is 3.03. The van der Waals surface area contributed by atoms with Gasteiger partial charge in [0.05, 0.1) is 12.1 Å². The van der Waals surface area contributed by atoms with Crippen LogP contribution in [0.4, 0.5) is 0 Å². The van der Waals surface area contributed by atoms with Crippen molar-refractivity contribution in [1.82, 2.24) is 5.32 Å². The molecule has 1 unspecified atom stereocenters. The Labute approximate surface area is 122 Å². The van der Waals surface area contributed by atoms with Gasteiger partial charge in [-0.3, -0.25) is 4.79 Å². The number of benzene rings is 1. The molecule has 0 aliphatic rings. The molecule has 0 aromatic heterocycles. The van der Waals surface area contributed by atoms with E-state index in [-0.39, 0.29) is 11.9 Å². The summed E-state index contributed by atoms with van der Waals surface area (Å²) in [6.07, 6.45) is 3.55. The minimum atomic E-state index is -0.472. The molecule has 112 valence electrons. The van der Waals surface area contributed by atoms with Gasteiger partial charge in [-0.1, -0.05) is 51.5 Å². The Morgan fingerprint density at radius 3 is 2.25 bits per heavy atom. The number of carbonyl (C=O) groups excluding carboxylic acids is 1. The number of aryl methyl sites for hydroxylation is 1. The van der Waals surface area contributed by atoms with Crippen molar-refractivity contribution < 1.29 is 4.79 Å². The topological polar surface area (TPSA) is 55.1 Å². The number of carbonyl (C=O) groups is 1. The first kappa shape index (κ1) is 16.7. The fourth-order valence-corrected chi connectivity index (χ4v) is 2.19. The summed E-state index contributed by atoms with van der Waals surface area (Å²) in [5.41, 5.74) is 8.13. The molecular formula is C17H28N2O. The molecule has 0 aliphatic heterocycles. The zero-order chi connectivity index (χ0) is 15.1.